The minimum absolute atomic E-state index is 0.0370. The average Bonchev–Trinajstić information content (AvgIpc) is 2.11. The second kappa shape index (κ2) is 8.50. The molecule has 0 radical (unpaired) electrons. The fourth-order valence-corrected chi connectivity index (χ4v) is 1.67. The van der Waals surface area contributed by atoms with Crippen molar-refractivity contribution in [3.8, 4) is 0 Å². The van der Waals surface area contributed by atoms with Crippen LogP contribution < -0.4 is 16.0 Å². The molecule has 0 unspecified atom stereocenters. The maximum atomic E-state index is 11.7. The van der Waals surface area contributed by atoms with Crippen molar-refractivity contribution in [2.45, 2.75) is 65.6 Å². The van der Waals surface area contributed by atoms with Crippen molar-refractivity contribution < 1.29 is 14.4 Å². The maximum Gasteiger partial charge on any atom is 0.222 e. The summed E-state index contributed by atoms with van der Waals surface area (Å²) in [7, 11) is 0. The zero-order valence-electron chi connectivity index (χ0n) is 12.4. The Kier molecular flexibility index (Phi) is 7.79. The van der Waals surface area contributed by atoms with E-state index in [0.29, 0.717) is 0 Å². The first kappa shape index (κ1) is 17.4. The van der Waals surface area contributed by atoms with Crippen LogP contribution >= 0.6 is 0 Å². The van der Waals surface area contributed by atoms with E-state index in [1.165, 1.54) is 6.92 Å². The molecule has 0 saturated heterocycles. The van der Waals surface area contributed by atoms with Gasteiger partial charge >= 0.3 is 0 Å². The minimum Gasteiger partial charge on any atom is -0.354 e. The van der Waals surface area contributed by atoms with E-state index in [2.05, 4.69) is 16.0 Å². The lowest BCUT2D eigenvalue weighted by Gasteiger charge is -2.19. The van der Waals surface area contributed by atoms with Crippen LogP contribution in [0.15, 0.2) is 0 Å². The van der Waals surface area contributed by atoms with Crippen molar-refractivity contribution in [1.82, 2.24) is 16.0 Å². The molecule has 0 saturated carbocycles. The zero-order chi connectivity index (χ0) is 15.0. The van der Waals surface area contributed by atoms with Crippen LogP contribution in [0, 0.1) is 0 Å². The summed E-state index contributed by atoms with van der Waals surface area (Å²) in [6, 6.07) is -0.403. The maximum absolute atomic E-state index is 11.7. The normalized spacial score (nSPS) is 10.7. The van der Waals surface area contributed by atoms with Gasteiger partial charge in [0.05, 0.1) is 0 Å². The van der Waals surface area contributed by atoms with E-state index < -0.39 is 6.04 Å². The van der Waals surface area contributed by atoms with E-state index in [0.717, 1.165) is 0 Å². The van der Waals surface area contributed by atoms with Crippen LogP contribution in [0.25, 0.3) is 0 Å². The van der Waals surface area contributed by atoms with Crippen molar-refractivity contribution in [3.63, 3.8) is 0 Å². The molecule has 110 valence electrons. The molecule has 0 heterocycles. The average molecular weight is 271 g/mol. The van der Waals surface area contributed by atoms with Gasteiger partial charge in [-0.05, 0) is 27.7 Å². The van der Waals surface area contributed by atoms with Crippen molar-refractivity contribution in [1.29, 1.82) is 0 Å². The predicted molar refractivity (Wildman–Crippen MR) is 73.4 cm³/mol. The molecule has 6 nitrogen and oxygen atoms in total. The molecule has 0 aromatic heterocycles. The second-order valence-electron chi connectivity index (χ2n) is 5.25. The van der Waals surface area contributed by atoms with E-state index in [9.17, 15) is 14.4 Å². The smallest absolute Gasteiger partial charge is 0.222 e. The van der Waals surface area contributed by atoms with Crippen LogP contribution in [0.1, 0.15) is 47.5 Å². The highest BCUT2D eigenvalue weighted by molar-refractivity contribution is 5.82. The van der Waals surface area contributed by atoms with Crippen LogP contribution in [0.5, 0.6) is 0 Å². The Morgan fingerprint density at radius 1 is 0.789 bits per heavy atom. The van der Waals surface area contributed by atoms with Crippen LogP contribution in [0.4, 0.5) is 0 Å². The van der Waals surface area contributed by atoms with E-state index in [-0.39, 0.29) is 42.6 Å². The summed E-state index contributed by atoms with van der Waals surface area (Å²) in [6.45, 7) is 8.80. The molecule has 0 bridgehead atoms. The first-order valence-corrected chi connectivity index (χ1v) is 6.56. The van der Waals surface area contributed by atoms with Gasteiger partial charge in [0, 0.05) is 37.9 Å². The van der Waals surface area contributed by atoms with E-state index >= 15 is 0 Å². The zero-order valence-corrected chi connectivity index (χ0v) is 12.4. The molecular weight excluding hydrogens is 246 g/mol. The van der Waals surface area contributed by atoms with Gasteiger partial charge in [0.15, 0.2) is 0 Å². The van der Waals surface area contributed by atoms with Gasteiger partial charge in [-0.2, -0.15) is 0 Å². The molecule has 0 aromatic rings. The molecule has 0 atom stereocenters. The summed E-state index contributed by atoms with van der Waals surface area (Å²) < 4.78 is 0. The van der Waals surface area contributed by atoms with E-state index in [1.807, 2.05) is 27.7 Å². The summed E-state index contributed by atoms with van der Waals surface area (Å²) >= 11 is 0. The third-order valence-electron chi connectivity index (χ3n) is 2.17. The highest BCUT2D eigenvalue weighted by atomic mass is 16.2. The number of carbonyl (C=O) groups is 3. The molecule has 6 heteroatoms. The lowest BCUT2D eigenvalue weighted by Crippen LogP contribution is -2.43. The molecular formula is C13H25N3O3. The number of carbonyl (C=O) groups excluding carboxylic acids is 3. The van der Waals surface area contributed by atoms with Gasteiger partial charge in [0.25, 0.3) is 0 Å². The van der Waals surface area contributed by atoms with Crippen molar-refractivity contribution >= 4 is 17.7 Å². The lowest BCUT2D eigenvalue weighted by molar-refractivity contribution is -0.124. The predicted octanol–water partition coefficient (Wildman–Crippen LogP) is 0.321. The molecule has 3 amide bonds. The first-order chi connectivity index (χ1) is 8.70. The van der Waals surface area contributed by atoms with Gasteiger partial charge in [0.2, 0.25) is 17.7 Å². The summed E-state index contributed by atoms with van der Waals surface area (Å²) in [5.41, 5.74) is 0. The fraction of sp³-hybridized carbons (Fsp3) is 0.769. The van der Waals surface area contributed by atoms with Crippen LogP contribution in [-0.4, -0.2) is 35.8 Å². The largest absolute Gasteiger partial charge is 0.354 e. The van der Waals surface area contributed by atoms with Crippen LogP contribution in [-0.2, 0) is 14.4 Å². The van der Waals surface area contributed by atoms with Gasteiger partial charge in [0.1, 0.15) is 0 Å². The lowest BCUT2D eigenvalue weighted by atomic mass is 10.1. The van der Waals surface area contributed by atoms with Gasteiger partial charge in [-0.1, -0.05) is 0 Å². The Bertz CT molecular complexity index is 303. The number of hydrogen-bond donors (Lipinski definition) is 3. The Labute approximate surface area is 114 Å². The van der Waals surface area contributed by atoms with Gasteiger partial charge in [-0.3, -0.25) is 14.4 Å². The Morgan fingerprint density at radius 3 is 1.42 bits per heavy atom. The quantitative estimate of drug-likeness (QED) is 0.623. The summed E-state index contributed by atoms with van der Waals surface area (Å²) in [5, 5.41) is 8.10. The van der Waals surface area contributed by atoms with Crippen molar-refractivity contribution in [2.75, 3.05) is 0 Å². The molecule has 0 aromatic carbocycles. The standard InChI is InChI=1S/C13H25N3O3/c1-8(2)14-12(18)6-11(16-10(5)17)7-13(19)15-9(3)4/h8-9,11H,6-7H2,1-5H3,(H,14,18)(H,15,19)(H,16,17). The highest BCUT2D eigenvalue weighted by Crippen LogP contribution is 2.00. The molecule has 0 aliphatic rings. The number of nitrogens with one attached hydrogen (secondary N) is 3. The van der Waals surface area contributed by atoms with Gasteiger partial charge in [-0.15, -0.1) is 0 Å². The third-order valence-corrected chi connectivity index (χ3v) is 2.17. The van der Waals surface area contributed by atoms with E-state index in [4.69, 9.17) is 0 Å². The molecule has 0 aliphatic carbocycles. The topological polar surface area (TPSA) is 87.3 Å². The molecule has 0 spiro atoms. The van der Waals surface area contributed by atoms with Crippen molar-refractivity contribution in [3.05, 3.63) is 0 Å². The van der Waals surface area contributed by atoms with E-state index in [1.54, 1.807) is 0 Å². The minimum atomic E-state index is -0.477. The number of rotatable bonds is 7. The Balaban J connectivity index is 4.42. The summed E-state index contributed by atoms with van der Waals surface area (Å²) in [5.74, 6) is -0.600. The SMILES string of the molecule is CC(=O)NC(CC(=O)NC(C)C)CC(=O)NC(C)C. The van der Waals surface area contributed by atoms with Gasteiger partial charge < -0.3 is 16.0 Å². The molecule has 19 heavy (non-hydrogen) atoms. The highest BCUT2D eigenvalue weighted by Gasteiger charge is 2.19. The summed E-state index contributed by atoms with van der Waals surface area (Å²) in [4.78, 5) is 34.4. The number of amides is 3. The van der Waals surface area contributed by atoms with Crippen LogP contribution in [0.3, 0.4) is 0 Å². The Morgan fingerprint density at radius 2 is 1.16 bits per heavy atom. The third kappa shape index (κ3) is 10.1. The molecule has 3 N–H and O–H groups in total. The number of hydrogen-bond acceptors (Lipinski definition) is 3. The second-order valence-corrected chi connectivity index (χ2v) is 5.25. The van der Waals surface area contributed by atoms with Gasteiger partial charge in [-0.25, -0.2) is 0 Å². The monoisotopic (exact) mass is 271 g/mol. The van der Waals surface area contributed by atoms with Crippen molar-refractivity contribution in [2.24, 2.45) is 0 Å². The Hall–Kier alpha value is -1.59. The molecule has 0 rings (SSSR count). The summed E-state index contributed by atoms with van der Waals surface area (Å²) in [6.07, 6.45) is 0.201. The van der Waals surface area contributed by atoms with Crippen LogP contribution in [0.2, 0.25) is 0 Å². The molecule has 0 fully saturated rings. The molecule has 0 aliphatic heterocycles. The fourth-order valence-electron chi connectivity index (χ4n) is 1.67. The first-order valence-electron chi connectivity index (χ1n) is 6.56.